The fourth-order valence-corrected chi connectivity index (χ4v) is 0. The van der Waals surface area contributed by atoms with E-state index < -0.39 is 0 Å². The Morgan fingerprint density at radius 3 is 0.0526 bits per heavy atom. The summed E-state index contributed by atoms with van der Waals surface area (Å²) < 4.78 is 0. The molecule has 0 saturated heterocycles. The summed E-state index contributed by atoms with van der Waals surface area (Å²) in [4.78, 5) is 0. The molecule has 0 aliphatic heterocycles. The zero-order valence-corrected chi connectivity index (χ0v) is 26.1. The standard InChI is InChI=1S/19Co. The first kappa shape index (κ1) is 236. The van der Waals surface area contributed by atoms with Gasteiger partial charge in [-0.2, -0.15) is 0 Å². The van der Waals surface area contributed by atoms with E-state index in [4.69, 9.17) is 0 Å². The van der Waals surface area contributed by atoms with Crippen molar-refractivity contribution in [2.24, 2.45) is 0 Å². The van der Waals surface area contributed by atoms with Gasteiger partial charge >= 0.3 is 0 Å². The van der Waals surface area contributed by atoms with Gasteiger partial charge in [0.2, 0.25) is 0 Å². The monoisotopic (exact) mass is 1120 g/mol. The van der Waals surface area contributed by atoms with E-state index in [1.807, 2.05) is 0 Å². The van der Waals surface area contributed by atoms with Crippen LogP contribution in [0.5, 0.6) is 0 Å². The largest absolute Gasteiger partial charge is 0 e. The van der Waals surface area contributed by atoms with Gasteiger partial charge in [-0.25, -0.2) is 0 Å². The Balaban J connectivity index is 0. The average Bonchev–Trinajstić information content (AvgIpc) is 0. The molecule has 0 unspecified atom stereocenters. The Bertz CT molecular complexity index is 0. The molecule has 0 atom stereocenters. The third-order valence-electron chi connectivity index (χ3n) is 0. The van der Waals surface area contributed by atoms with Gasteiger partial charge in [-0.15, -0.1) is 0 Å². The average molecular weight is 1120 g/mol. The van der Waals surface area contributed by atoms with Gasteiger partial charge < -0.3 is 0 Å². The maximum Gasteiger partial charge on any atom is 0 e. The minimum Gasteiger partial charge on any atom is 0 e. The molecule has 0 nitrogen and oxygen atoms in total. The van der Waals surface area contributed by atoms with Crippen molar-refractivity contribution in [3.8, 4) is 0 Å². The van der Waals surface area contributed by atoms with Crippen molar-refractivity contribution in [2.45, 2.75) is 0 Å². The van der Waals surface area contributed by atoms with Gasteiger partial charge in [0.1, 0.15) is 0 Å². The van der Waals surface area contributed by atoms with Gasteiger partial charge in [-0.1, -0.05) is 0 Å². The van der Waals surface area contributed by atoms with Crippen molar-refractivity contribution >= 4 is 0 Å². The predicted molar refractivity (Wildman–Crippen MR) is 0 cm³/mol. The molecule has 0 amide bonds. The molecule has 0 spiro atoms. The van der Waals surface area contributed by atoms with Gasteiger partial charge in [0, 0.05) is 319 Å². The van der Waals surface area contributed by atoms with Crippen molar-refractivity contribution < 1.29 is 319 Å². The van der Waals surface area contributed by atoms with Crippen molar-refractivity contribution in [3.63, 3.8) is 0 Å². The molecule has 0 aliphatic rings. The Kier molecular flexibility index (Phi) is 2620. The summed E-state index contributed by atoms with van der Waals surface area (Å²) in [5.41, 5.74) is 0. The molecular formula is Co19. The first-order chi connectivity index (χ1) is 0. The van der Waals surface area contributed by atoms with Gasteiger partial charge in [0.05, 0.1) is 0 Å². The molecule has 19 heteroatoms. The summed E-state index contributed by atoms with van der Waals surface area (Å²) in [6, 6.07) is 0. The van der Waals surface area contributed by atoms with Crippen LogP contribution in [0, 0.1) is 0 Å². The summed E-state index contributed by atoms with van der Waals surface area (Å²) >= 11 is 0. The molecule has 0 N–H and O–H groups in total. The van der Waals surface area contributed by atoms with E-state index in [-0.39, 0.29) is 319 Å². The Morgan fingerprint density at radius 1 is 0.0526 bits per heavy atom. The van der Waals surface area contributed by atoms with Crippen LogP contribution in [0.3, 0.4) is 0 Å². The molecule has 0 saturated carbocycles. The molecule has 0 aromatic heterocycles. The maximum atomic E-state index is 0. The van der Waals surface area contributed by atoms with Crippen LogP contribution in [0.25, 0.3) is 0 Å². The SMILES string of the molecule is [Co].[Co].[Co].[Co].[Co].[Co].[Co].[Co].[Co].[Co].[Co].[Co].[Co].[Co].[Co].[Co].[Co].[Co].[Co]. The van der Waals surface area contributed by atoms with Crippen molar-refractivity contribution in [2.75, 3.05) is 0 Å². The van der Waals surface area contributed by atoms with Crippen LogP contribution >= 0.6 is 0 Å². The predicted octanol–water partition coefficient (Wildman–Crippen LogP) is -0.0475. The fraction of sp³-hybridized carbons (Fsp3) is 0. The Hall–Kier alpha value is 9.62. The molecule has 0 aromatic carbocycles. The summed E-state index contributed by atoms with van der Waals surface area (Å²) in [5.74, 6) is 0. The van der Waals surface area contributed by atoms with Crippen LogP contribution in [0.2, 0.25) is 0 Å². The molecule has 171 valence electrons. The van der Waals surface area contributed by atoms with Crippen LogP contribution < -0.4 is 0 Å². The smallest absolute Gasteiger partial charge is 0 e. The second-order valence-electron chi connectivity index (χ2n) is 0. The van der Waals surface area contributed by atoms with Gasteiger partial charge in [0.15, 0.2) is 0 Å². The van der Waals surface area contributed by atoms with Crippen LogP contribution in [-0.2, 0) is 319 Å². The van der Waals surface area contributed by atoms with E-state index in [1.165, 1.54) is 0 Å². The number of rotatable bonds is 0. The van der Waals surface area contributed by atoms with Crippen LogP contribution in [0.4, 0.5) is 0 Å². The quantitative estimate of drug-likeness (QED) is 0.320. The molecule has 19 heavy (non-hydrogen) atoms. The van der Waals surface area contributed by atoms with E-state index in [0.717, 1.165) is 0 Å². The zero-order chi connectivity index (χ0) is 0. The van der Waals surface area contributed by atoms with E-state index in [2.05, 4.69) is 0 Å². The topological polar surface area (TPSA) is 0 Å². The summed E-state index contributed by atoms with van der Waals surface area (Å²) in [6.07, 6.45) is 0. The third kappa shape index (κ3) is 196. The second kappa shape index (κ2) is 211. The number of hydrogen-bond acceptors (Lipinski definition) is 0. The van der Waals surface area contributed by atoms with E-state index in [0.29, 0.717) is 0 Å². The van der Waals surface area contributed by atoms with Crippen LogP contribution in [0.1, 0.15) is 0 Å². The maximum absolute atomic E-state index is 0. The van der Waals surface area contributed by atoms with Crippen molar-refractivity contribution in [3.05, 3.63) is 0 Å². The van der Waals surface area contributed by atoms with Crippen molar-refractivity contribution in [1.82, 2.24) is 0 Å². The normalized spacial score (nSPS) is 0. The Labute approximate surface area is 311 Å². The van der Waals surface area contributed by atoms with E-state index in [1.54, 1.807) is 0 Å². The van der Waals surface area contributed by atoms with E-state index in [9.17, 15) is 0 Å². The fourth-order valence-electron chi connectivity index (χ4n) is 0. The van der Waals surface area contributed by atoms with E-state index >= 15 is 0 Å². The number of hydrogen-bond donors (Lipinski definition) is 0. The molecular weight excluding hydrogens is 1120 g/mol. The third-order valence-corrected chi connectivity index (χ3v) is 0. The minimum absolute atomic E-state index is 0. The summed E-state index contributed by atoms with van der Waals surface area (Å²) in [5, 5.41) is 0. The molecule has 19 radical (unpaired) electrons. The van der Waals surface area contributed by atoms with Crippen LogP contribution in [0.15, 0.2) is 0 Å². The molecule has 0 heterocycles. The minimum atomic E-state index is 0. The molecule has 0 fully saturated rings. The van der Waals surface area contributed by atoms with Gasteiger partial charge in [-0.05, 0) is 0 Å². The molecule has 0 bridgehead atoms. The molecule has 0 aliphatic carbocycles. The van der Waals surface area contributed by atoms with Crippen molar-refractivity contribution in [1.29, 1.82) is 0 Å². The molecule has 0 aromatic rings. The molecule has 0 rings (SSSR count). The van der Waals surface area contributed by atoms with Gasteiger partial charge in [0.25, 0.3) is 0 Å². The zero-order valence-electron chi connectivity index (χ0n) is 6.33. The first-order valence-electron chi connectivity index (χ1n) is 0. The first-order valence-corrected chi connectivity index (χ1v) is 0. The van der Waals surface area contributed by atoms with Gasteiger partial charge in [-0.3, -0.25) is 0 Å². The summed E-state index contributed by atoms with van der Waals surface area (Å²) in [7, 11) is 0. The van der Waals surface area contributed by atoms with Crippen LogP contribution in [-0.4, -0.2) is 0 Å². The summed E-state index contributed by atoms with van der Waals surface area (Å²) in [6.45, 7) is 0. The second-order valence-corrected chi connectivity index (χ2v) is 0. The Morgan fingerprint density at radius 2 is 0.0526 bits per heavy atom.